The van der Waals surface area contributed by atoms with Crippen LogP contribution in [-0.2, 0) is 0 Å². The standard InChI is InChI=1S/C20H25N5O2/c1-26-16-10-9-14(11-17(16)27-2)22-20-18-15(12-21-25-18)23-19(24-20)13-7-5-3-4-6-8-13/h9-13H,3-8H2,1-2H3,(H,21,25)(H,22,23,24). The Labute approximate surface area is 158 Å². The number of fused-ring (bicyclic) bond motifs is 1. The maximum absolute atomic E-state index is 5.40. The zero-order chi connectivity index (χ0) is 18.6. The molecule has 1 fully saturated rings. The SMILES string of the molecule is COc1ccc(Nc2nc(C3CCCCCC3)nc3cn[nH]c23)cc1OC. The van der Waals surface area contributed by atoms with E-state index in [9.17, 15) is 0 Å². The highest BCUT2D eigenvalue weighted by molar-refractivity contribution is 5.87. The molecule has 0 aliphatic heterocycles. The summed E-state index contributed by atoms with van der Waals surface area (Å²) in [7, 11) is 3.26. The average Bonchev–Trinajstić information content (AvgIpc) is 3.01. The predicted molar refractivity (Wildman–Crippen MR) is 105 cm³/mol. The van der Waals surface area contributed by atoms with E-state index in [1.807, 2.05) is 18.2 Å². The minimum absolute atomic E-state index is 0.415. The molecule has 0 atom stereocenters. The summed E-state index contributed by atoms with van der Waals surface area (Å²) < 4.78 is 10.7. The number of methoxy groups -OCH3 is 2. The first-order valence-corrected chi connectivity index (χ1v) is 9.48. The average molecular weight is 367 g/mol. The third-order valence-corrected chi connectivity index (χ3v) is 5.18. The molecule has 142 valence electrons. The number of hydrogen-bond acceptors (Lipinski definition) is 6. The molecule has 2 aromatic heterocycles. The predicted octanol–water partition coefficient (Wildman–Crippen LogP) is 4.55. The van der Waals surface area contributed by atoms with E-state index in [4.69, 9.17) is 19.4 Å². The Kier molecular flexibility index (Phi) is 5.09. The summed E-state index contributed by atoms with van der Waals surface area (Å²) in [6.07, 6.45) is 9.17. The molecule has 7 nitrogen and oxygen atoms in total. The zero-order valence-corrected chi connectivity index (χ0v) is 15.8. The van der Waals surface area contributed by atoms with E-state index in [0.717, 1.165) is 41.2 Å². The number of anilines is 2. The van der Waals surface area contributed by atoms with Gasteiger partial charge in [-0.15, -0.1) is 0 Å². The maximum atomic E-state index is 5.40. The number of nitrogens with one attached hydrogen (secondary N) is 2. The van der Waals surface area contributed by atoms with E-state index >= 15 is 0 Å². The summed E-state index contributed by atoms with van der Waals surface area (Å²) in [6.45, 7) is 0. The Morgan fingerprint density at radius 1 is 1.00 bits per heavy atom. The molecule has 1 aliphatic carbocycles. The van der Waals surface area contributed by atoms with Gasteiger partial charge in [0.25, 0.3) is 0 Å². The van der Waals surface area contributed by atoms with Gasteiger partial charge in [0.2, 0.25) is 0 Å². The van der Waals surface area contributed by atoms with Crippen molar-refractivity contribution in [1.29, 1.82) is 0 Å². The molecule has 1 aromatic carbocycles. The smallest absolute Gasteiger partial charge is 0.162 e. The van der Waals surface area contributed by atoms with Gasteiger partial charge in [0, 0.05) is 17.7 Å². The first-order chi connectivity index (χ1) is 13.3. The summed E-state index contributed by atoms with van der Waals surface area (Å²) in [6, 6.07) is 5.71. The number of hydrogen-bond donors (Lipinski definition) is 2. The second kappa shape index (κ2) is 7.82. The lowest BCUT2D eigenvalue weighted by Gasteiger charge is -2.15. The number of rotatable bonds is 5. The Morgan fingerprint density at radius 2 is 1.78 bits per heavy atom. The highest BCUT2D eigenvalue weighted by Gasteiger charge is 2.20. The molecule has 7 heteroatoms. The topological polar surface area (TPSA) is 85.0 Å². The lowest BCUT2D eigenvalue weighted by molar-refractivity contribution is 0.355. The zero-order valence-electron chi connectivity index (χ0n) is 15.8. The lowest BCUT2D eigenvalue weighted by atomic mass is 9.99. The van der Waals surface area contributed by atoms with Gasteiger partial charge in [-0.25, -0.2) is 9.97 Å². The summed E-state index contributed by atoms with van der Waals surface area (Å²) in [5.41, 5.74) is 2.52. The molecule has 0 amide bonds. The summed E-state index contributed by atoms with van der Waals surface area (Å²) >= 11 is 0. The fourth-order valence-electron chi connectivity index (χ4n) is 3.72. The van der Waals surface area contributed by atoms with Crippen LogP contribution in [0.3, 0.4) is 0 Å². The third-order valence-electron chi connectivity index (χ3n) is 5.18. The molecule has 4 rings (SSSR count). The van der Waals surface area contributed by atoms with Crippen LogP contribution in [0.25, 0.3) is 11.0 Å². The van der Waals surface area contributed by atoms with Gasteiger partial charge in [0.15, 0.2) is 17.3 Å². The molecule has 0 bridgehead atoms. The Hall–Kier alpha value is -2.83. The van der Waals surface area contributed by atoms with Crippen molar-refractivity contribution in [2.75, 3.05) is 19.5 Å². The minimum atomic E-state index is 0.415. The van der Waals surface area contributed by atoms with Gasteiger partial charge in [0.05, 0.1) is 20.4 Å². The summed E-state index contributed by atoms with van der Waals surface area (Å²) in [5.74, 6) is 3.42. The van der Waals surface area contributed by atoms with Crippen molar-refractivity contribution in [2.45, 2.75) is 44.4 Å². The molecule has 0 spiro atoms. The van der Waals surface area contributed by atoms with Crippen LogP contribution >= 0.6 is 0 Å². The molecule has 1 saturated carbocycles. The van der Waals surface area contributed by atoms with Gasteiger partial charge in [-0.2, -0.15) is 5.10 Å². The summed E-state index contributed by atoms with van der Waals surface area (Å²) in [5, 5.41) is 10.6. The molecule has 3 aromatic rings. The van der Waals surface area contributed by atoms with E-state index in [-0.39, 0.29) is 0 Å². The van der Waals surface area contributed by atoms with Crippen molar-refractivity contribution < 1.29 is 9.47 Å². The normalized spacial score (nSPS) is 15.5. The Balaban J connectivity index is 1.69. The Bertz CT molecular complexity index is 916. The van der Waals surface area contributed by atoms with E-state index in [0.29, 0.717) is 17.4 Å². The van der Waals surface area contributed by atoms with Gasteiger partial charge < -0.3 is 14.8 Å². The molecule has 27 heavy (non-hydrogen) atoms. The van der Waals surface area contributed by atoms with E-state index in [1.54, 1.807) is 20.4 Å². The molecule has 0 radical (unpaired) electrons. The number of nitrogens with zero attached hydrogens (tertiary/aromatic N) is 3. The molecule has 0 saturated heterocycles. The van der Waals surface area contributed by atoms with Crippen LogP contribution in [0.1, 0.15) is 50.3 Å². The molecule has 0 unspecified atom stereocenters. The van der Waals surface area contributed by atoms with Crippen LogP contribution in [-0.4, -0.2) is 34.4 Å². The van der Waals surface area contributed by atoms with Gasteiger partial charge in [-0.05, 0) is 25.0 Å². The van der Waals surface area contributed by atoms with Crippen LogP contribution in [0.15, 0.2) is 24.4 Å². The van der Waals surface area contributed by atoms with Crippen molar-refractivity contribution in [3.05, 3.63) is 30.2 Å². The van der Waals surface area contributed by atoms with Crippen molar-refractivity contribution in [3.8, 4) is 11.5 Å². The third kappa shape index (κ3) is 3.67. The van der Waals surface area contributed by atoms with Crippen LogP contribution in [0.5, 0.6) is 11.5 Å². The van der Waals surface area contributed by atoms with Gasteiger partial charge in [-0.3, -0.25) is 5.10 Å². The fourth-order valence-corrected chi connectivity index (χ4v) is 3.72. The van der Waals surface area contributed by atoms with Gasteiger partial charge in [0.1, 0.15) is 16.9 Å². The number of aromatic amines is 1. The minimum Gasteiger partial charge on any atom is -0.493 e. The quantitative estimate of drug-likeness (QED) is 0.644. The van der Waals surface area contributed by atoms with Crippen LogP contribution in [0.4, 0.5) is 11.5 Å². The second-order valence-electron chi connectivity index (χ2n) is 6.94. The van der Waals surface area contributed by atoms with E-state index < -0.39 is 0 Å². The number of H-pyrrole nitrogens is 1. The van der Waals surface area contributed by atoms with Crippen LogP contribution in [0, 0.1) is 0 Å². The first-order valence-electron chi connectivity index (χ1n) is 9.48. The first kappa shape index (κ1) is 17.6. The van der Waals surface area contributed by atoms with E-state index in [1.165, 1.54) is 25.7 Å². The van der Waals surface area contributed by atoms with Crippen molar-refractivity contribution in [2.24, 2.45) is 0 Å². The molecule has 2 N–H and O–H groups in total. The highest BCUT2D eigenvalue weighted by Crippen LogP contribution is 2.34. The number of benzene rings is 1. The molecule has 1 aliphatic rings. The van der Waals surface area contributed by atoms with Gasteiger partial charge in [-0.1, -0.05) is 25.7 Å². The highest BCUT2D eigenvalue weighted by atomic mass is 16.5. The molecular weight excluding hydrogens is 342 g/mol. The monoisotopic (exact) mass is 367 g/mol. The number of aromatic nitrogens is 4. The maximum Gasteiger partial charge on any atom is 0.162 e. The molecule has 2 heterocycles. The summed E-state index contributed by atoms with van der Waals surface area (Å²) in [4.78, 5) is 9.64. The van der Waals surface area contributed by atoms with E-state index in [2.05, 4.69) is 15.5 Å². The van der Waals surface area contributed by atoms with Crippen molar-refractivity contribution >= 4 is 22.5 Å². The second-order valence-corrected chi connectivity index (χ2v) is 6.94. The largest absolute Gasteiger partial charge is 0.493 e. The van der Waals surface area contributed by atoms with Crippen molar-refractivity contribution in [1.82, 2.24) is 20.2 Å². The number of ether oxygens (including phenoxy) is 2. The van der Waals surface area contributed by atoms with Crippen molar-refractivity contribution in [3.63, 3.8) is 0 Å². The lowest BCUT2D eigenvalue weighted by Crippen LogP contribution is -2.07. The molecular formula is C20H25N5O2. The van der Waals surface area contributed by atoms with Crippen LogP contribution in [0.2, 0.25) is 0 Å². The van der Waals surface area contributed by atoms with Gasteiger partial charge >= 0.3 is 0 Å². The Morgan fingerprint density at radius 3 is 2.52 bits per heavy atom. The van der Waals surface area contributed by atoms with Crippen LogP contribution < -0.4 is 14.8 Å². The fraction of sp³-hybridized carbons (Fsp3) is 0.450.